The van der Waals surface area contributed by atoms with Crippen molar-refractivity contribution in [3.8, 4) is 11.5 Å². The van der Waals surface area contributed by atoms with E-state index in [9.17, 15) is 14.4 Å². The molecule has 2 aromatic rings. The van der Waals surface area contributed by atoms with Gasteiger partial charge in [0.1, 0.15) is 5.69 Å². The van der Waals surface area contributed by atoms with Crippen molar-refractivity contribution in [2.24, 2.45) is 5.92 Å². The molecule has 1 aromatic heterocycles. The van der Waals surface area contributed by atoms with Gasteiger partial charge in [-0.1, -0.05) is 6.07 Å². The molecule has 188 valence electrons. The van der Waals surface area contributed by atoms with E-state index in [1.807, 2.05) is 32.0 Å². The van der Waals surface area contributed by atoms with Gasteiger partial charge in [-0.3, -0.25) is 9.59 Å². The molecule has 2 aliphatic rings. The third kappa shape index (κ3) is 5.61. The first-order valence-electron chi connectivity index (χ1n) is 12.2. The van der Waals surface area contributed by atoms with Crippen molar-refractivity contribution in [2.45, 2.75) is 53.0 Å². The summed E-state index contributed by atoms with van der Waals surface area (Å²) in [5.74, 6) is 0.772. The molecular weight excluding hydrogens is 450 g/mol. The number of carbonyl (C=O) groups excluding carboxylic acids is 3. The molecule has 1 unspecified atom stereocenters. The predicted octanol–water partition coefficient (Wildman–Crippen LogP) is 3.02. The Balaban J connectivity index is 1.29. The third-order valence-electron chi connectivity index (χ3n) is 6.71. The van der Waals surface area contributed by atoms with E-state index in [4.69, 9.17) is 14.2 Å². The van der Waals surface area contributed by atoms with Crippen LogP contribution in [0, 0.1) is 19.8 Å². The fourth-order valence-corrected chi connectivity index (χ4v) is 4.76. The number of fused-ring (bicyclic) bond motifs is 1. The fraction of sp³-hybridized carbons (Fsp3) is 0.500. The molecule has 1 aromatic carbocycles. The number of ether oxygens (including phenoxy) is 3. The van der Waals surface area contributed by atoms with Gasteiger partial charge in [0.25, 0.3) is 0 Å². The van der Waals surface area contributed by atoms with Crippen LogP contribution in [0.4, 0.5) is 0 Å². The molecule has 2 amide bonds. The highest BCUT2D eigenvalue weighted by Crippen LogP contribution is 2.32. The number of esters is 1. The molecule has 0 aliphatic carbocycles. The first-order chi connectivity index (χ1) is 16.9. The van der Waals surface area contributed by atoms with Crippen molar-refractivity contribution in [1.29, 1.82) is 0 Å². The third-order valence-corrected chi connectivity index (χ3v) is 6.71. The number of hydrogen-bond acceptors (Lipinski definition) is 6. The molecule has 9 nitrogen and oxygen atoms in total. The van der Waals surface area contributed by atoms with Crippen molar-refractivity contribution in [2.75, 3.05) is 26.5 Å². The maximum atomic E-state index is 13.0. The first kappa shape index (κ1) is 24.6. The van der Waals surface area contributed by atoms with Crippen LogP contribution in [0.15, 0.2) is 18.2 Å². The van der Waals surface area contributed by atoms with E-state index in [-0.39, 0.29) is 30.5 Å². The smallest absolute Gasteiger partial charge is 0.355 e. The monoisotopic (exact) mass is 483 g/mol. The van der Waals surface area contributed by atoms with Gasteiger partial charge >= 0.3 is 5.97 Å². The van der Waals surface area contributed by atoms with Crippen molar-refractivity contribution in [3.05, 3.63) is 46.3 Å². The molecular formula is C26H33N3O6. The minimum atomic E-state index is -0.378. The molecule has 0 radical (unpaired) electrons. The van der Waals surface area contributed by atoms with E-state index < -0.39 is 0 Å². The number of likely N-dealkylation sites (tertiary alicyclic amines) is 1. The topological polar surface area (TPSA) is 110 Å². The van der Waals surface area contributed by atoms with Crippen LogP contribution >= 0.6 is 0 Å². The van der Waals surface area contributed by atoms with Crippen molar-refractivity contribution in [1.82, 2.24) is 15.2 Å². The number of hydrogen-bond donors (Lipinski definition) is 2. The van der Waals surface area contributed by atoms with E-state index in [1.54, 1.807) is 11.8 Å². The molecule has 1 fully saturated rings. The number of carbonyl (C=O) groups is 3. The standard InChI is InChI=1S/C26H33N3O6/c1-4-33-26(32)24-16(2)20(17(3)28-24)8-10-23(30)29-11-5-6-19(14-29)25(31)27-13-18-7-9-21-22(12-18)35-15-34-21/h7,9,12,19,28H,4-6,8,10-11,13-15H2,1-3H3,(H,27,31). The Bertz CT molecular complexity index is 1110. The summed E-state index contributed by atoms with van der Waals surface area (Å²) in [7, 11) is 0. The highest BCUT2D eigenvalue weighted by atomic mass is 16.7. The molecule has 3 heterocycles. The van der Waals surface area contributed by atoms with E-state index in [2.05, 4.69) is 10.3 Å². The number of piperidine rings is 1. The Morgan fingerprint density at radius 1 is 1.20 bits per heavy atom. The molecule has 1 saturated heterocycles. The van der Waals surface area contributed by atoms with Crippen LogP contribution in [0.25, 0.3) is 0 Å². The lowest BCUT2D eigenvalue weighted by Gasteiger charge is -2.32. The number of nitrogens with zero attached hydrogens (tertiary/aromatic N) is 1. The first-order valence-corrected chi connectivity index (χ1v) is 12.2. The lowest BCUT2D eigenvalue weighted by Crippen LogP contribution is -2.45. The highest BCUT2D eigenvalue weighted by Gasteiger charge is 2.29. The second-order valence-electron chi connectivity index (χ2n) is 9.03. The zero-order valence-corrected chi connectivity index (χ0v) is 20.6. The molecule has 4 rings (SSSR count). The van der Waals surface area contributed by atoms with Gasteiger partial charge in [-0.25, -0.2) is 4.79 Å². The van der Waals surface area contributed by atoms with Gasteiger partial charge in [-0.15, -0.1) is 0 Å². The van der Waals surface area contributed by atoms with Gasteiger partial charge in [0.15, 0.2) is 11.5 Å². The summed E-state index contributed by atoms with van der Waals surface area (Å²) >= 11 is 0. The van der Waals surface area contributed by atoms with Crippen LogP contribution < -0.4 is 14.8 Å². The minimum absolute atomic E-state index is 0.0240. The number of nitrogens with one attached hydrogen (secondary N) is 2. The fourth-order valence-electron chi connectivity index (χ4n) is 4.76. The second-order valence-corrected chi connectivity index (χ2v) is 9.03. The molecule has 2 aliphatic heterocycles. The summed E-state index contributed by atoms with van der Waals surface area (Å²) in [4.78, 5) is 42.8. The van der Waals surface area contributed by atoms with E-state index in [0.29, 0.717) is 56.3 Å². The molecule has 2 N–H and O–H groups in total. The quantitative estimate of drug-likeness (QED) is 0.559. The van der Waals surface area contributed by atoms with Crippen LogP contribution in [0.3, 0.4) is 0 Å². The van der Waals surface area contributed by atoms with Crippen LogP contribution in [-0.2, 0) is 27.3 Å². The van der Waals surface area contributed by atoms with Gasteiger partial charge in [0, 0.05) is 31.7 Å². The number of H-pyrrole nitrogens is 1. The molecule has 9 heteroatoms. The molecule has 1 atom stereocenters. The molecule has 0 saturated carbocycles. The Hall–Kier alpha value is -3.49. The zero-order valence-electron chi connectivity index (χ0n) is 20.6. The summed E-state index contributed by atoms with van der Waals surface area (Å²) < 4.78 is 15.8. The number of benzene rings is 1. The van der Waals surface area contributed by atoms with E-state index in [0.717, 1.165) is 35.2 Å². The van der Waals surface area contributed by atoms with E-state index >= 15 is 0 Å². The van der Waals surface area contributed by atoms with Crippen molar-refractivity contribution < 1.29 is 28.6 Å². The number of aromatic nitrogens is 1. The van der Waals surface area contributed by atoms with Crippen LogP contribution in [0.5, 0.6) is 11.5 Å². The Morgan fingerprint density at radius 3 is 2.80 bits per heavy atom. The normalized spacial score (nSPS) is 16.8. The number of aryl methyl sites for hydroxylation is 1. The minimum Gasteiger partial charge on any atom is -0.461 e. The van der Waals surface area contributed by atoms with Gasteiger partial charge < -0.3 is 29.4 Å². The van der Waals surface area contributed by atoms with Crippen LogP contribution in [-0.4, -0.2) is 54.2 Å². The molecule has 0 bridgehead atoms. The summed E-state index contributed by atoms with van der Waals surface area (Å²) in [6.07, 6.45) is 2.41. The average molecular weight is 484 g/mol. The molecule has 35 heavy (non-hydrogen) atoms. The maximum absolute atomic E-state index is 13.0. The summed E-state index contributed by atoms with van der Waals surface area (Å²) in [6, 6.07) is 5.62. The lowest BCUT2D eigenvalue weighted by atomic mass is 9.96. The second kappa shape index (κ2) is 10.8. The largest absolute Gasteiger partial charge is 0.461 e. The number of aromatic amines is 1. The van der Waals surface area contributed by atoms with Gasteiger partial charge in [0.2, 0.25) is 18.6 Å². The maximum Gasteiger partial charge on any atom is 0.355 e. The average Bonchev–Trinajstić information content (AvgIpc) is 3.44. The van der Waals surface area contributed by atoms with Gasteiger partial charge in [0.05, 0.1) is 12.5 Å². The van der Waals surface area contributed by atoms with Gasteiger partial charge in [-0.2, -0.15) is 0 Å². The Kier molecular flexibility index (Phi) is 7.63. The van der Waals surface area contributed by atoms with Crippen molar-refractivity contribution in [3.63, 3.8) is 0 Å². The van der Waals surface area contributed by atoms with Crippen molar-refractivity contribution >= 4 is 17.8 Å². The number of rotatable bonds is 8. The van der Waals surface area contributed by atoms with E-state index in [1.165, 1.54) is 0 Å². The number of amides is 2. The SMILES string of the molecule is CCOC(=O)c1[nH]c(C)c(CCC(=O)N2CCCC(C(=O)NCc3ccc4c(c3)OCO4)C2)c1C. The van der Waals surface area contributed by atoms with Crippen LogP contribution in [0.2, 0.25) is 0 Å². The Morgan fingerprint density at radius 2 is 2.00 bits per heavy atom. The van der Waals surface area contributed by atoms with Crippen LogP contribution in [0.1, 0.15) is 59.1 Å². The summed E-state index contributed by atoms with van der Waals surface area (Å²) in [5, 5.41) is 2.99. The zero-order chi connectivity index (χ0) is 24.9. The Labute approximate surface area is 205 Å². The lowest BCUT2D eigenvalue weighted by molar-refractivity contribution is -0.135. The van der Waals surface area contributed by atoms with Gasteiger partial charge in [-0.05, 0) is 68.9 Å². The molecule has 0 spiro atoms. The summed E-state index contributed by atoms with van der Waals surface area (Å²) in [5.41, 5.74) is 4.05. The highest BCUT2D eigenvalue weighted by molar-refractivity contribution is 5.90. The summed E-state index contributed by atoms with van der Waals surface area (Å²) in [6.45, 7) is 7.54. The predicted molar refractivity (Wildman–Crippen MR) is 128 cm³/mol.